The van der Waals surface area contributed by atoms with Crippen molar-refractivity contribution in [1.82, 2.24) is 0 Å². The van der Waals surface area contributed by atoms with Crippen molar-refractivity contribution in [2.45, 2.75) is 18.6 Å². The average molecular weight is 330 g/mol. The van der Waals surface area contributed by atoms with Crippen LogP contribution in [0.15, 0.2) is 53.1 Å². The number of benzene rings is 1. The van der Waals surface area contributed by atoms with Gasteiger partial charge in [0.05, 0.1) is 26.6 Å². The summed E-state index contributed by atoms with van der Waals surface area (Å²) in [6, 6.07) is 12.7. The first kappa shape index (κ1) is 16.3. The molecule has 6 nitrogen and oxygen atoms in total. The number of methoxy groups -OCH3 is 2. The lowest BCUT2D eigenvalue weighted by molar-refractivity contribution is -0.174. The third-order valence-electron chi connectivity index (χ3n) is 4.33. The topological polar surface area (TPSA) is 75.0 Å². The second kappa shape index (κ2) is 6.49. The number of ether oxygens (including phenoxy) is 3. The van der Waals surface area contributed by atoms with Crippen LogP contribution < -0.4 is 0 Å². The summed E-state index contributed by atoms with van der Waals surface area (Å²) in [5, 5.41) is 0. The fourth-order valence-corrected chi connectivity index (χ4v) is 3.17. The van der Waals surface area contributed by atoms with Crippen molar-refractivity contribution in [2.75, 3.05) is 14.2 Å². The van der Waals surface area contributed by atoms with Crippen LogP contribution in [0.4, 0.5) is 0 Å². The normalized spacial score (nSPS) is 22.1. The van der Waals surface area contributed by atoms with Crippen molar-refractivity contribution < 1.29 is 28.2 Å². The highest BCUT2D eigenvalue weighted by atomic mass is 16.6. The van der Waals surface area contributed by atoms with Gasteiger partial charge in [0, 0.05) is 6.42 Å². The van der Waals surface area contributed by atoms with Crippen LogP contribution in [0.1, 0.15) is 30.0 Å². The summed E-state index contributed by atoms with van der Waals surface area (Å²) in [6.07, 6.45) is 0.201. The third-order valence-corrected chi connectivity index (χ3v) is 4.33. The maximum Gasteiger partial charge on any atom is 0.326 e. The summed E-state index contributed by atoms with van der Waals surface area (Å²) in [6.45, 7) is 0. The van der Waals surface area contributed by atoms with Crippen LogP contribution in [-0.4, -0.2) is 26.2 Å². The van der Waals surface area contributed by atoms with E-state index in [0.29, 0.717) is 5.76 Å². The third kappa shape index (κ3) is 2.49. The first-order valence-corrected chi connectivity index (χ1v) is 7.54. The Morgan fingerprint density at radius 1 is 1.04 bits per heavy atom. The van der Waals surface area contributed by atoms with Gasteiger partial charge in [-0.1, -0.05) is 30.3 Å². The molecule has 0 radical (unpaired) electrons. The predicted molar refractivity (Wildman–Crippen MR) is 82.8 cm³/mol. The molecular weight excluding hydrogens is 312 g/mol. The van der Waals surface area contributed by atoms with Crippen LogP contribution in [0.25, 0.3) is 0 Å². The number of esters is 2. The van der Waals surface area contributed by atoms with E-state index in [1.807, 2.05) is 30.3 Å². The molecule has 0 amide bonds. The Labute approximate surface area is 139 Å². The molecule has 1 fully saturated rings. The molecule has 1 saturated heterocycles. The molecule has 0 aliphatic carbocycles. The maximum absolute atomic E-state index is 12.6. The first-order chi connectivity index (χ1) is 11.6. The highest BCUT2D eigenvalue weighted by molar-refractivity contribution is 6.01. The Morgan fingerprint density at radius 2 is 1.71 bits per heavy atom. The molecule has 1 aromatic carbocycles. The van der Waals surface area contributed by atoms with Gasteiger partial charge in [-0.2, -0.15) is 0 Å². The lowest BCUT2D eigenvalue weighted by Crippen LogP contribution is -2.43. The first-order valence-electron chi connectivity index (χ1n) is 7.54. The van der Waals surface area contributed by atoms with Crippen LogP contribution >= 0.6 is 0 Å². The SMILES string of the molecule is COC(=O)C1(C(=O)OC)C[C@H](c2ccccc2)O[C@@H]1c1ccco1. The lowest BCUT2D eigenvalue weighted by Gasteiger charge is -2.26. The largest absolute Gasteiger partial charge is 0.468 e. The number of hydrogen-bond acceptors (Lipinski definition) is 6. The molecule has 0 saturated carbocycles. The van der Waals surface area contributed by atoms with E-state index < -0.39 is 29.6 Å². The lowest BCUT2D eigenvalue weighted by atomic mass is 9.78. The van der Waals surface area contributed by atoms with Crippen molar-refractivity contribution in [3.05, 3.63) is 60.1 Å². The van der Waals surface area contributed by atoms with E-state index in [1.165, 1.54) is 20.5 Å². The molecule has 0 bridgehead atoms. The number of hydrogen-bond donors (Lipinski definition) is 0. The second-order valence-electron chi connectivity index (χ2n) is 5.59. The van der Waals surface area contributed by atoms with Gasteiger partial charge in [-0.3, -0.25) is 9.59 Å². The minimum atomic E-state index is -1.61. The van der Waals surface area contributed by atoms with E-state index in [9.17, 15) is 9.59 Å². The summed E-state index contributed by atoms with van der Waals surface area (Å²) >= 11 is 0. The summed E-state index contributed by atoms with van der Waals surface area (Å²) in [7, 11) is 2.48. The number of rotatable bonds is 4. The molecule has 0 N–H and O–H groups in total. The van der Waals surface area contributed by atoms with Crippen LogP contribution in [0.5, 0.6) is 0 Å². The smallest absolute Gasteiger partial charge is 0.326 e. The summed E-state index contributed by atoms with van der Waals surface area (Å²) < 4.78 is 21.3. The van der Waals surface area contributed by atoms with Crippen LogP contribution in [0, 0.1) is 5.41 Å². The zero-order valence-corrected chi connectivity index (χ0v) is 13.4. The number of carbonyl (C=O) groups is 2. The van der Waals surface area contributed by atoms with Gasteiger partial charge < -0.3 is 18.6 Å². The van der Waals surface area contributed by atoms with Gasteiger partial charge in [0.1, 0.15) is 11.9 Å². The van der Waals surface area contributed by atoms with Gasteiger partial charge in [0.2, 0.25) is 5.41 Å². The second-order valence-corrected chi connectivity index (χ2v) is 5.59. The quantitative estimate of drug-likeness (QED) is 0.634. The standard InChI is InChI=1S/C18H18O6/c1-21-16(19)18(17(20)22-2)11-14(12-7-4-3-5-8-12)24-15(18)13-9-6-10-23-13/h3-10,14-15H,11H2,1-2H3/t14-,15-/m1/s1. The molecule has 24 heavy (non-hydrogen) atoms. The van der Waals surface area contributed by atoms with Crippen LogP contribution in [0.3, 0.4) is 0 Å². The van der Waals surface area contributed by atoms with E-state index in [2.05, 4.69) is 0 Å². The molecular formula is C18H18O6. The number of furan rings is 1. The minimum absolute atomic E-state index is 0.113. The van der Waals surface area contributed by atoms with Crippen LogP contribution in [-0.2, 0) is 23.8 Å². The van der Waals surface area contributed by atoms with E-state index in [0.717, 1.165) is 5.56 Å². The van der Waals surface area contributed by atoms with Gasteiger partial charge in [-0.15, -0.1) is 0 Å². The summed E-state index contributed by atoms with van der Waals surface area (Å²) in [5.41, 5.74) is -0.745. The van der Waals surface area contributed by atoms with Crippen molar-refractivity contribution in [3.63, 3.8) is 0 Å². The van der Waals surface area contributed by atoms with Gasteiger partial charge in [0.25, 0.3) is 0 Å². The monoisotopic (exact) mass is 330 g/mol. The Morgan fingerprint density at radius 3 is 2.25 bits per heavy atom. The maximum atomic E-state index is 12.6. The molecule has 2 heterocycles. The highest BCUT2D eigenvalue weighted by Gasteiger charge is 2.63. The summed E-state index contributed by atoms with van der Waals surface area (Å²) in [4.78, 5) is 25.1. The molecule has 126 valence electrons. The Hall–Kier alpha value is -2.60. The summed E-state index contributed by atoms with van der Waals surface area (Å²) in [5.74, 6) is -1.02. The molecule has 3 rings (SSSR count). The van der Waals surface area contributed by atoms with Gasteiger partial charge in [0.15, 0.2) is 0 Å². The van der Waals surface area contributed by atoms with E-state index in [-0.39, 0.29) is 6.42 Å². The average Bonchev–Trinajstić information content (AvgIpc) is 3.29. The van der Waals surface area contributed by atoms with Gasteiger partial charge in [-0.25, -0.2) is 0 Å². The molecule has 0 unspecified atom stereocenters. The zero-order chi connectivity index (χ0) is 17.2. The van der Waals surface area contributed by atoms with Gasteiger partial charge >= 0.3 is 11.9 Å². The molecule has 1 aliphatic heterocycles. The fourth-order valence-electron chi connectivity index (χ4n) is 3.17. The van der Waals surface area contributed by atoms with E-state index in [4.69, 9.17) is 18.6 Å². The Bertz CT molecular complexity index is 690. The Balaban J connectivity index is 2.08. The van der Waals surface area contributed by atoms with Crippen molar-refractivity contribution in [1.29, 1.82) is 0 Å². The van der Waals surface area contributed by atoms with Crippen LogP contribution in [0.2, 0.25) is 0 Å². The number of carbonyl (C=O) groups excluding carboxylic acids is 2. The molecule has 6 heteroatoms. The van der Waals surface area contributed by atoms with Crippen molar-refractivity contribution >= 4 is 11.9 Å². The fraction of sp³-hybridized carbons (Fsp3) is 0.333. The highest BCUT2D eigenvalue weighted by Crippen LogP contribution is 2.54. The Kier molecular flexibility index (Phi) is 4.40. The van der Waals surface area contributed by atoms with Gasteiger partial charge in [-0.05, 0) is 17.7 Å². The zero-order valence-electron chi connectivity index (χ0n) is 13.4. The van der Waals surface area contributed by atoms with Crippen molar-refractivity contribution in [2.24, 2.45) is 5.41 Å². The minimum Gasteiger partial charge on any atom is -0.468 e. The molecule has 2 atom stereocenters. The molecule has 1 aliphatic rings. The van der Waals surface area contributed by atoms with E-state index in [1.54, 1.807) is 12.1 Å². The molecule has 1 aromatic heterocycles. The molecule has 0 spiro atoms. The van der Waals surface area contributed by atoms with E-state index >= 15 is 0 Å². The predicted octanol–water partition coefficient (Wildman–Crippen LogP) is 2.81. The molecule has 2 aromatic rings. The van der Waals surface area contributed by atoms with Crippen molar-refractivity contribution in [3.8, 4) is 0 Å².